The number of hydrogen-bond donors (Lipinski definition) is 1. The summed E-state index contributed by atoms with van der Waals surface area (Å²) in [5.41, 5.74) is 2.91. The SMILES string of the molecule is COc1cc(C(=O)Nc2nc3c(s2)CN(Cc2ccccc2)CC3)ccc1OCC(C)C. The van der Waals surface area contributed by atoms with Gasteiger partial charge in [0.15, 0.2) is 16.6 Å². The van der Waals surface area contributed by atoms with Gasteiger partial charge in [-0.1, -0.05) is 44.2 Å². The van der Waals surface area contributed by atoms with E-state index in [0.717, 1.165) is 31.7 Å². The first-order valence-corrected chi connectivity index (χ1v) is 11.7. The van der Waals surface area contributed by atoms with Gasteiger partial charge in [0.25, 0.3) is 5.91 Å². The fourth-order valence-corrected chi connectivity index (χ4v) is 4.68. The Bertz CT molecular complexity index is 1070. The van der Waals surface area contributed by atoms with Crippen LogP contribution in [0.1, 0.15) is 40.3 Å². The van der Waals surface area contributed by atoms with Crippen molar-refractivity contribution in [2.45, 2.75) is 33.4 Å². The lowest BCUT2D eigenvalue weighted by atomic mass is 10.1. The zero-order valence-corrected chi connectivity index (χ0v) is 19.6. The van der Waals surface area contributed by atoms with Crippen LogP contribution < -0.4 is 14.8 Å². The zero-order valence-electron chi connectivity index (χ0n) is 18.8. The summed E-state index contributed by atoms with van der Waals surface area (Å²) < 4.78 is 11.2. The molecule has 1 amide bonds. The number of amides is 1. The molecule has 1 aromatic heterocycles. The van der Waals surface area contributed by atoms with Crippen LogP contribution in [0.2, 0.25) is 0 Å². The van der Waals surface area contributed by atoms with Gasteiger partial charge in [-0.05, 0) is 29.7 Å². The Morgan fingerprint density at radius 3 is 2.75 bits per heavy atom. The summed E-state index contributed by atoms with van der Waals surface area (Å²) in [5, 5.41) is 3.59. The minimum Gasteiger partial charge on any atom is -0.493 e. The molecule has 0 unspecified atom stereocenters. The highest BCUT2D eigenvalue weighted by Gasteiger charge is 2.22. The van der Waals surface area contributed by atoms with Crippen molar-refractivity contribution in [1.82, 2.24) is 9.88 Å². The minimum absolute atomic E-state index is 0.203. The Kier molecular flexibility index (Phi) is 7.07. The number of benzene rings is 2. The third-order valence-corrected chi connectivity index (χ3v) is 6.28. The molecule has 4 rings (SSSR count). The van der Waals surface area contributed by atoms with E-state index in [2.05, 4.69) is 53.3 Å². The van der Waals surface area contributed by atoms with Crippen molar-refractivity contribution in [1.29, 1.82) is 0 Å². The summed E-state index contributed by atoms with van der Waals surface area (Å²) in [6.07, 6.45) is 0.893. The first-order valence-electron chi connectivity index (χ1n) is 10.9. The lowest BCUT2D eigenvalue weighted by Gasteiger charge is -2.25. The number of hydrogen-bond acceptors (Lipinski definition) is 6. The number of nitrogens with zero attached hydrogens (tertiary/aromatic N) is 2. The van der Waals surface area contributed by atoms with Crippen molar-refractivity contribution in [3.8, 4) is 11.5 Å². The molecule has 168 valence electrons. The lowest BCUT2D eigenvalue weighted by Crippen LogP contribution is -2.29. The molecule has 0 aliphatic carbocycles. The van der Waals surface area contributed by atoms with Crippen molar-refractivity contribution in [2.24, 2.45) is 5.92 Å². The quantitative estimate of drug-likeness (QED) is 0.522. The summed E-state index contributed by atoms with van der Waals surface area (Å²) in [6.45, 7) is 7.51. The van der Waals surface area contributed by atoms with Crippen molar-refractivity contribution in [3.05, 3.63) is 70.2 Å². The molecule has 0 saturated carbocycles. The number of carbonyl (C=O) groups excluding carboxylic acids is 1. The first-order chi connectivity index (χ1) is 15.5. The van der Waals surface area contributed by atoms with Gasteiger partial charge in [0.2, 0.25) is 0 Å². The molecule has 0 fully saturated rings. The molecule has 32 heavy (non-hydrogen) atoms. The molecule has 0 spiro atoms. The van der Waals surface area contributed by atoms with E-state index in [1.54, 1.807) is 36.6 Å². The number of rotatable bonds is 8. The van der Waals surface area contributed by atoms with Crippen LogP contribution in [0.3, 0.4) is 0 Å². The van der Waals surface area contributed by atoms with Crippen molar-refractivity contribution in [3.63, 3.8) is 0 Å². The number of anilines is 1. The average Bonchev–Trinajstić information content (AvgIpc) is 3.19. The molecule has 6 nitrogen and oxygen atoms in total. The highest BCUT2D eigenvalue weighted by molar-refractivity contribution is 7.15. The van der Waals surface area contributed by atoms with Crippen LogP contribution in [0.4, 0.5) is 5.13 Å². The average molecular weight is 452 g/mol. The molecule has 2 heterocycles. The Balaban J connectivity index is 1.40. The largest absolute Gasteiger partial charge is 0.493 e. The standard InChI is InChI=1S/C25H29N3O3S/c1-17(2)16-31-21-10-9-19(13-22(21)30-3)24(29)27-25-26-20-11-12-28(15-23(20)32-25)14-18-7-5-4-6-8-18/h4-10,13,17H,11-12,14-16H2,1-3H3,(H,26,27,29). The smallest absolute Gasteiger partial charge is 0.257 e. The minimum atomic E-state index is -0.203. The molecule has 0 saturated heterocycles. The van der Waals surface area contributed by atoms with Gasteiger partial charge in [-0.15, -0.1) is 11.3 Å². The van der Waals surface area contributed by atoms with Crippen LogP contribution >= 0.6 is 11.3 Å². The Hall–Kier alpha value is -2.90. The molecule has 0 atom stereocenters. The third kappa shape index (κ3) is 5.47. The van der Waals surface area contributed by atoms with E-state index in [9.17, 15) is 4.79 Å². The van der Waals surface area contributed by atoms with Gasteiger partial charge in [-0.2, -0.15) is 0 Å². The normalized spacial score (nSPS) is 13.6. The summed E-state index contributed by atoms with van der Waals surface area (Å²) in [6, 6.07) is 15.7. The van der Waals surface area contributed by atoms with Crippen LogP contribution in [0.5, 0.6) is 11.5 Å². The van der Waals surface area contributed by atoms with Crippen LogP contribution in [0.15, 0.2) is 48.5 Å². The van der Waals surface area contributed by atoms with E-state index in [-0.39, 0.29) is 5.91 Å². The highest BCUT2D eigenvalue weighted by atomic mass is 32.1. The van der Waals surface area contributed by atoms with E-state index in [0.29, 0.717) is 34.7 Å². The fraction of sp³-hybridized carbons (Fsp3) is 0.360. The first kappa shape index (κ1) is 22.3. The van der Waals surface area contributed by atoms with E-state index in [1.807, 2.05) is 6.07 Å². The molecule has 0 bridgehead atoms. The van der Waals surface area contributed by atoms with E-state index < -0.39 is 0 Å². The lowest BCUT2D eigenvalue weighted by molar-refractivity contribution is 0.102. The number of fused-ring (bicyclic) bond motifs is 1. The molecule has 1 aliphatic rings. The fourth-order valence-electron chi connectivity index (χ4n) is 3.63. The maximum atomic E-state index is 12.8. The number of thiazole rings is 1. The zero-order chi connectivity index (χ0) is 22.5. The van der Waals surface area contributed by atoms with Crippen LogP contribution in [0.25, 0.3) is 0 Å². The summed E-state index contributed by atoms with van der Waals surface area (Å²) >= 11 is 1.56. The van der Waals surface area contributed by atoms with E-state index in [4.69, 9.17) is 9.47 Å². The monoisotopic (exact) mass is 451 g/mol. The summed E-state index contributed by atoms with van der Waals surface area (Å²) in [5.74, 6) is 1.39. The van der Waals surface area contributed by atoms with E-state index in [1.165, 1.54) is 10.4 Å². The summed E-state index contributed by atoms with van der Waals surface area (Å²) in [7, 11) is 1.58. The van der Waals surface area contributed by atoms with Crippen molar-refractivity contribution >= 4 is 22.4 Å². The third-order valence-electron chi connectivity index (χ3n) is 5.28. The Morgan fingerprint density at radius 1 is 1.19 bits per heavy atom. The van der Waals surface area contributed by atoms with Crippen LogP contribution in [0, 0.1) is 5.92 Å². The molecule has 1 aliphatic heterocycles. The molecule has 7 heteroatoms. The number of methoxy groups -OCH3 is 1. The molecule has 3 aromatic rings. The summed E-state index contributed by atoms with van der Waals surface area (Å²) in [4.78, 5) is 21.1. The van der Waals surface area contributed by atoms with E-state index >= 15 is 0 Å². The predicted octanol–water partition coefficient (Wildman–Crippen LogP) is 5.00. The predicted molar refractivity (Wildman–Crippen MR) is 128 cm³/mol. The van der Waals surface area contributed by atoms with Gasteiger partial charge in [0.05, 0.1) is 19.4 Å². The number of nitrogens with one attached hydrogen (secondary N) is 1. The number of carbonyl (C=O) groups is 1. The molecular weight excluding hydrogens is 422 g/mol. The number of aromatic nitrogens is 1. The maximum Gasteiger partial charge on any atom is 0.257 e. The van der Waals surface area contributed by atoms with Crippen LogP contribution in [-0.2, 0) is 19.5 Å². The topological polar surface area (TPSA) is 63.7 Å². The second kappa shape index (κ2) is 10.1. The van der Waals surface area contributed by atoms with Crippen molar-refractivity contribution in [2.75, 3.05) is 25.6 Å². The van der Waals surface area contributed by atoms with Gasteiger partial charge in [0, 0.05) is 36.5 Å². The van der Waals surface area contributed by atoms with Crippen molar-refractivity contribution < 1.29 is 14.3 Å². The van der Waals surface area contributed by atoms with Gasteiger partial charge in [0.1, 0.15) is 0 Å². The maximum absolute atomic E-state index is 12.8. The number of ether oxygens (including phenoxy) is 2. The molecule has 2 aromatic carbocycles. The van der Waals surface area contributed by atoms with Crippen LogP contribution in [-0.4, -0.2) is 36.1 Å². The van der Waals surface area contributed by atoms with Gasteiger partial charge in [-0.25, -0.2) is 4.98 Å². The Morgan fingerprint density at radius 2 is 2.00 bits per heavy atom. The molecular formula is C25H29N3O3S. The Labute approximate surface area is 193 Å². The van der Waals surface area contributed by atoms with Gasteiger partial charge in [-0.3, -0.25) is 15.0 Å². The second-order valence-electron chi connectivity index (χ2n) is 8.36. The van der Waals surface area contributed by atoms with Gasteiger partial charge < -0.3 is 9.47 Å². The second-order valence-corrected chi connectivity index (χ2v) is 9.44. The van der Waals surface area contributed by atoms with Gasteiger partial charge >= 0.3 is 0 Å². The molecule has 1 N–H and O–H groups in total. The molecule has 0 radical (unpaired) electrons. The highest BCUT2D eigenvalue weighted by Crippen LogP contribution is 2.31.